The highest BCUT2D eigenvalue weighted by Gasteiger charge is 2.33. The molecular weight excluding hydrogens is 469 g/mol. The van der Waals surface area contributed by atoms with E-state index < -0.39 is 30.1 Å². The summed E-state index contributed by atoms with van der Waals surface area (Å²) >= 11 is 0. The van der Waals surface area contributed by atoms with Crippen molar-refractivity contribution in [3.8, 4) is 16.9 Å². The second kappa shape index (κ2) is 10.1. The first-order valence-electron chi connectivity index (χ1n) is 11.1. The molecule has 3 aromatic carbocycles. The number of para-hydroxylation sites is 2. The Labute approximate surface area is 206 Å². The van der Waals surface area contributed by atoms with Crippen LogP contribution in [0.4, 0.5) is 18.9 Å². The maximum absolute atomic E-state index is 13.4. The van der Waals surface area contributed by atoms with Crippen molar-refractivity contribution in [1.82, 2.24) is 14.7 Å². The third-order valence-corrected chi connectivity index (χ3v) is 5.52. The summed E-state index contributed by atoms with van der Waals surface area (Å²) < 4.78 is 41.4. The van der Waals surface area contributed by atoms with Gasteiger partial charge in [0.1, 0.15) is 5.69 Å². The quantitative estimate of drug-likeness (QED) is 0.382. The number of aryl methyl sites for hydroxylation is 1. The molecule has 2 amide bonds. The molecule has 0 aliphatic rings. The van der Waals surface area contributed by atoms with Crippen LogP contribution in [0.25, 0.3) is 16.9 Å². The molecule has 0 spiro atoms. The minimum absolute atomic E-state index is 0.258. The molecule has 0 unspecified atom stereocenters. The van der Waals surface area contributed by atoms with E-state index in [0.717, 1.165) is 27.8 Å². The molecule has 4 rings (SSSR count). The Hall–Kier alpha value is -4.40. The Morgan fingerprint density at radius 3 is 2.25 bits per heavy atom. The molecule has 0 atom stereocenters. The molecule has 1 N–H and O–H groups in total. The van der Waals surface area contributed by atoms with Crippen molar-refractivity contribution in [2.75, 3.05) is 18.9 Å². The normalized spacial score (nSPS) is 11.2. The van der Waals surface area contributed by atoms with Gasteiger partial charge in [0.15, 0.2) is 0 Å². The van der Waals surface area contributed by atoms with Crippen LogP contribution in [0.5, 0.6) is 0 Å². The average molecular weight is 493 g/mol. The molecule has 4 aromatic rings. The number of halogens is 3. The first-order valence-corrected chi connectivity index (χ1v) is 11.1. The average Bonchev–Trinajstić information content (AvgIpc) is 3.29. The van der Waals surface area contributed by atoms with E-state index in [1.54, 1.807) is 10.9 Å². The zero-order chi connectivity index (χ0) is 25.9. The van der Waals surface area contributed by atoms with Crippen molar-refractivity contribution < 1.29 is 22.8 Å². The van der Waals surface area contributed by atoms with Crippen LogP contribution in [0.3, 0.4) is 0 Å². The molecule has 0 aliphatic carbocycles. The van der Waals surface area contributed by atoms with Gasteiger partial charge in [0.05, 0.1) is 29.0 Å². The van der Waals surface area contributed by atoms with Gasteiger partial charge < -0.3 is 10.2 Å². The van der Waals surface area contributed by atoms with Crippen LogP contribution < -0.4 is 5.32 Å². The highest BCUT2D eigenvalue weighted by atomic mass is 19.4. The molecule has 36 heavy (non-hydrogen) atoms. The number of hydrogen-bond acceptors (Lipinski definition) is 3. The predicted molar refractivity (Wildman–Crippen MR) is 131 cm³/mol. The second-order valence-electron chi connectivity index (χ2n) is 8.29. The number of aromatic nitrogens is 2. The maximum atomic E-state index is 13.4. The number of anilines is 1. The number of amides is 2. The maximum Gasteiger partial charge on any atom is 0.418 e. The number of rotatable bonds is 6. The molecule has 0 fully saturated rings. The van der Waals surface area contributed by atoms with Crippen LogP contribution in [0.1, 0.15) is 21.5 Å². The monoisotopic (exact) mass is 492 g/mol. The summed E-state index contributed by atoms with van der Waals surface area (Å²) in [4.78, 5) is 27.1. The first-order chi connectivity index (χ1) is 17.1. The van der Waals surface area contributed by atoms with Gasteiger partial charge >= 0.3 is 6.18 Å². The van der Waals surface area contributed by atoms with Crippen molar-refractivity contribution >= 4 is 17.5 Å². The SMILES string of the molecule is Cc1ccc(-c2nn(-c3ccccc3)cc2C(=O)N(C)CC(=O)Nc2ccccc2C(F)(F)F)cc1. The number of hydrogen-bond donors (Lipinski definition) is 1. The van der Waals surface area contributed by atoms with Crippen molar-refractivity contribution in [2.45, 2.75) is 13.1 Å². The van der Waals surface area contributed by atoms with Gasteiger partial charge in [-0.25, -0.2) is 4.68 Å². The number of carbonyl (C=O) groups excluding carboxylic acids is 2. The number of benzene rings is 3. The molecular formula is C27H23F3N4O2. The van der Waals surface area contributed by atoms with Gasteiger partial charge in [-0.3, -0.25) is 9.59 Å². The lowest BCUT2D eigenvalue weighted by Crippen LogP contribution is -2.35. The van der Waals surface area contributed by atoms with Gasteiger partial charge in [0.25, 0.3) is 5.91 Å². The molecule has 9 heteroatoms. The van der Waals surface area contributed by atoms with Crippen molar-refractivity contribution in [3.63, 3.8) is 0 Å². The fourth-order valence-corrected chi connectivity index (χ4v) is 3.69. The van der Waals surface area contributed by atoms with Crippen LogP contribution >= 0.6 is 0 Å². The largest absolute Gasteiger partial charge is 0.418 e. The number of likely N-dealkylation sites (N-methyl/N-ethyl adjacent to an activating group) is 1. The van der Waals surface area contributed by atoms with E-state index in [2.05, 4.69) is 10.4 Å². The van der Waals surface area contributed by atoms with Gasteiger partial charge in [0.2, 0.25) is 5.91 Å². The molecule has 1 aromatic heterocycles. The Morgan fingerprint density at radius 2 is 1.58 bits per heavy atom. The van der Waals surface area contributed by atoms with Crippen LogP contribution in [-0.4, -0.2) is 40.1 Å². The van der Waals surface area contributed by atoms with Crippen LogP contribution in [0, 0.1) is 6.92 Å². The van der Waals surface area contributed by atoms with Crippen molar-refractivity contribution in [1.29, 1.82) is 0 Å². The third kappa shape index (κ3) is 5.46. The van der Waals surface area contributed by atoms with E-state index in [9.17, 15) is 22.8 Å². The van der Waals surface area contributed by atoms with Gasteiger partial charge in [-0.1, -0.05) is 60.2 Å². The summed E-state index contributed by atoms with van der Waals surface area (Å²) in [6.45, 7) is 1.50. The lowest BCUT2D eigenvalue weighted by molar-refractivity contribution is -0.137. The third-order valence-electron chi connectivity index (χ3n) is 5.52. The van der Waals surface area contributed by atoms with E-state index in [1.165, 1.54) is 25.2 Å². The molecule has 0 aliphatic heterocycles. The standard InChI is InChI=1S/C27H23F3N4O2/c1-18-12-14-19(15-13-18)25-21(16-34(32-25)20-8-4-3-5-9-20)26(36)33(2)17-24(35)31-23-11-7-6-10-22(23)27(28,29)30/h3-16H,17H2,1-2H3,(H,31,35). The zero-order valence-electron chi connectivity index (χ0n) is 19.6. The van der Waals surface area contributed by atoms with E-state index in [1.807, 2.05) is 61.5 Å². The smallest absolute Gasteiger partial charge is 0.332 e. The molecule has 1 heterocycles. The van der Waals surface area contributed by atoms with Crippen LogP contribution in [-0.2, 0) is 11.0 Å². The summed E-state index contributed by atoms with van der Waals surface area (Å²) in [6.07, 6.45) is -3.04. The highest BCUT2D eigenvalue weighted by Crippen LogP contribution is 2.34. The number of carbonyl (C=O) groups is 2. The summed E-state index contributed by atoms with van der Waals surface area (Å²) in [7, 11) is 1.41. The van der Waals surface area contributed by atoms with E-state index in [4.69, 9.17) is 0 Å². The number of alkyl halides is 3. The van der Waals surface area contributed by atoms with Crippen LogP contribution in [0.15, 0.2) is 85.1 Å². The number of nitrogens with zero attached hydrogens (tertiary/aromatic N) is 3. The Balaban J connectivity index is 1.60. The molecule has 0 radical (unpaired) electrons. The fourth-order valence-electron chi connectivity index (χ4n) is 3.69. The van der Waals surface area contributed by atoms with Gasteiger partial charge in [-0.2, -0.15) is 18.3 Å². The topological polar surface area (TPSA) is 67.2 Å². The zero-order valence-corrected chi connectivity index (χ0v) is 19.6. The van der Waals surface area contributed by atoms with Crippen molar-refractivity contribution in [2.24, 2.45) is 0 Å². The number of nitrogens with one attached hydrogen (secondary N) is 1. The van der Waals surface area contributed by atoms with Crippen molar-refractivity contribution in [3.05, 3.63) is 102 Å². The minimum Gasteiger partial charge on any atom is -0.332 e. The lowest BCUT2D eigenvalue weighted by atomic mass is 10.1. The summed E-state index contributed by atoms with van der Waals surface area (Å²) in [6, 6.07) is 21.4. The fraction of sp³-hybridized carbons (Fsp3) is 0.148. The van der Waals surface area contributed by atoms with E-state index >= 15 is 0 Å². The second-order valence-corrected chi connectivity index (χ2v) is 8.29. The molecule has 6 nitrogen and oxygen atoms in total. The lowest BCUT2D eigenvalue weighted by Gasteiger charge is -2.18. The van der Waals surface area contributed by atoms with Crippen LogP contribution in [0.2, 0.25) is 0 Å². The Bertz CT molecular complexity index is 1380. The van der Waals surface area contributed by atoms with E-state index in [-0.39, 0.29) is 11.3 Å². The van der Waals surface area contributed by atoms with Gasteiger partial charge in [-0.05, 0) is 31.2 Å². The first kappa shape index (κ1) is 24.7. The predicted octanol–water partition coefficient (Wildman–Crippen LogP) is 5.58. The highest BCUT2D eigenvalue weighted by molar-refractivity contribution is 6.02. The Kier molecular flexibility index (Phi) is 6.91. The molecule has 0 saturated heterocycles. The summed E-state index contributed by atoms with van der Waals surface area (Å²) in [5, 5.41) is 6.88. The van der Waals surface area contributed by atoms with Gasteiger partial charge in [0, 0.05) is 18.8 Å². The minimum atomic E-state index is -4.62. The summed E-state index contributed by atoms with van der Waals surface area (Å²) in [5.74, 6) is -1.25. The van der Waals surface area contributed by atoms with E-state index in [0.29, 0.717) is 5.69 Å². The summed E-state index contributed by atoms with van der Waals surface area (Å²) in [5.41, 5.74) is 1.87. The molecule has 0 saturated carbocycles. The Morgan fingerprint density at radius 1 is 0.944 bits per heavy atom. The molecule has 184 valence electrons. The van der Waals surface area contributed by atoms with Gasteiger partial charge in [-0.15, -0.1) is 0 Å². The molecule has 0 bridgehead atoms.